The maximum atomic E-state index is 13.4. The van der Waals surface area contributed by atoms with Crippen LogP contribution in [0.1, 0.15) is 11.6 Å². The quantitative estimate of drug-likeness (QED) is 0.390. The van der Waals surface area contributed by atoms with E-state index in [4.69, 9.17) is 4.74 Å². The number of aromatic nitrogens is 3. The van der Waals surface area contributed by atoms with Crippen LogP contribution in [-0.2, 0) is 4.79 Å². The molecular formula is C25H21F3N4O5. The summed E-state index contributed by atoms with van der Waals surface area (Å²) in [5, 5.41) is 13.1. The molecule has 0 saturated carbocycles. The molecule has 0 aliphatic heterocycles. The van der Waals surface area contributed by atoms with Crippen LogP contribution in [0, 0.1) is 0 Å². The van der Waals surface area contributed by atoms with Crippen LogP contribution in [0.25, 0.3) is 16.8 Å². The first-order valence-electron chi connectivity index (χ1n) is 10.8. The molecule has 2 aromatic carbocycles. The number of halogens is 3. The van der Waals surface area contributed by atoms with Crippen molar-refractivity contribution in [2.75, 3.05) is 14.2 Å². The molecular weight excluding hydrogens is 493 g/mol. The van der Waals surface area contributed by atoms with Crippen molar-refractivity contribution in [1.29, 1.82) is 0 Å². The molecule has 1 amide bonds. The molecule has 2 aromatic heterocycles. The van der Waals surface area contributed by atoms with Gasteiger partial charge in [0, 0.05) is 25.0 Å². The predicted molar refractivity (Wildman–Crippen MR) is 127 cm³/mol. The van der Waals surface area contributed by atoms with Crippen LogP contribution < -0.4 is 20.5 Å². The number of nitrogens with one attached hydrogen (secondary N) is 1. The zero-order chi connectivity index (χ0) is 26.7. The van der Waals surface area contributed by atoms with Crippen molar-refractivity contribution >= 4 is 5.91 Å². The molecule has 4 aromatic rings. The van der Waals surface area contributed by atoms with Crippen LogP contribution in [0.5, 0.6) is 17.4 Å². The molecule has 0 aliphatic rings. The monoisotopic (exact) mass is 514 g/mol. The normalized spacial score (nSPS) is 12.1. The van der Waals surface area contributed by atoms with E-state index >= 15 is 0 Å². The third-order valence-corrected chi connectivity index (χ3v) is 5.55. The number of amides is 1. The first-order chi connectivity index (χ1) is 17.6. The molecule has 9 nitrogen and oxygen atoms in total. The van der Waals surface area contributed by atoms with Gasteiger partial charge >= 0.3 is 12.1 Å². The number of nitrogens with zero attached hydrogens (tertiary/aromatic N) is 3. The van der Waals surface area contributed by atoms with Crippen LogP contribution in [0.4, 0.5) is 13.2 Å². The molecule has 12 heteroatoms. The second-order valence-corrected chi connectivity index (χ2v) is 7.76. The van der Waals surface area contributed by atoms with E-state index in [9.17, 15) is 27.9 Å². The van der Waals surface area contributed by atoms with E-state index in [1.54, 1.807) is 36.5 Å². The summed E-state index contributed by atoms with van der Waals surface area (Å²) in [6.45, 7) is 0. The number of hydrogen-bond acceptors (Lipinski definition) is 6. The van der Waals surface area contributed by atoms with Gasteiger partial charge in [0.25, 0.3) is 0 Å². The van der Waals surface area contributed by atoms with Gasteiger partial charge in [-0.05, 0) is 53.6 Å². The Kier molecular flexibility index (Phi) is 6.92. The van der Waals surface area contributed by atoms with Crippen LogP contribution in [-0.4, -0.2) is 45.7 Å². The molecule has 1 unspecified atom stereocenters. The number of pyridine rings is 1. The largest absolute Gasteiger partial charge is 0.573 e. The zero-order valence-corrected chi connectivity index (χ0v) is 19.6. The molecule has 1 atom stereocenters. The Morgan fingerprint density at radius 2 is 1.70 bits per heavy atom. The number of hydrogen-bond donors (Lipinski definition) is 2. The number of methoxy groups -OCH3 is 1. The summed E-state index contributed by atoms with van der Waals surface area (Å²) >= 11 is 0. The minimum absolute atomic E-state index is 0.0662. The Morgan fingerprint density at radius 3 is 2.30 bits per heavy atom. The van der Waals surface area contributed by atoms with E-state index in [2.05, 4.69) is 15.0 Å². The molecule has 4 rings (SSSR count). The van der Waals surface area contributed by atoms with Crippen molar-refractivity contribution in [2.24, 2.45) is 0 Å². The fraction of sp³-hybridized carbons (Fsp3) is 0.160. The van der Waals surface area contributed by atoms with Gasteiger partial charge in [0.2, 0.25) is 11.8 Å². The van der Waals surface area contributed by atoms with Crippen LogP contribution in [0.3, 0.4) is 0 Å². The summed E-state index contributed by atoms with van der Waals surface area (Å²) < 4.78 is 48.4. The highest BCUT2D eigenvalue weighted by atomic mass is 19.4. The number of rotatable bonds is 7. The number of carbonyl (C=O) groups is 1. The Bertz CT molecular complexity index is 1460. The Balaban J connectivity index is 1.81. The molecule has 0 radical (unpaired) electrons. The lowest BCUT2D eigenvalue weighted by atomic mass is 9.96. The Morgan fingerprint density at radius 1 is 1.05 bits per heavy atom. The molecule has 37 heavy (non-hydrogen) atoms. The van der Waals surface area contributed by atoms with Gasteiger partial charge in [-0.25, -0.2) is 9.36 Å². The number of carbonyl (C=O) groups excluding carboxylic acids is 1. The van der Waals surface area contributed by atoms with Crippen LogP contribution in [0.2, 0.25) is 0 Å². The number of ether oxygens (including phenoxy) is 2. The minimum atomic E-state index is -4.88. The van der Waals surface area contributed by atoms with Crippen molar-refractivity contribution in [3.63, 3.8) is 0 Å². The Labute approximate surface area is 208 Å². The fourth-order valence-corrected chi connectivity index (χ4v) is 3.88. The average molecular weight is 514 g/mol. The zero-order valence-electron chi connectivity index (χ0n) is 19.6. The van der Waals surface area contributed by atoms with Crippen LogP contribution >= 0.6 is 0 Å². The number of aromatic hydroxyl groups is 1. The lowest BCUT2D eigenvalue weighted by Gasteiger charge is -2.20. The maximum Gasteiger partial charge on any atom is 0.573 e. The lowest BCUT2D eigenvalue weighted by molar-refractivity contribution is -0.274. The van der Waals surface area contributed by atoms with Crippen LogP contribution in [0.15, 0.2) is 78.0 Å². The second-order valence-electron chi connectivity index (χ2n) is 7.76. The van der Waals surface area contributed by atoms with Gasteiger partial charge in [-0.1, -0.05) is 12.1 Å². The third-order valence-electron chi connectivity index (χ3n) is 5.55. The van der Waals surface area contributed by atoms with E-state index in [1.807, 2.05) is 0 Å². The number of imidazole rings is 1. The molecule has 2 heterocycles. The van der Waals surface area contributed by atoms with Crippen molar-refractivity contribution in [3.05, 3.63) is 89.2 Å². The molecule has 0 bridgehead atoms. The van der Waals surface area contributed by atoms with Gasteiger partial charge in [0.15, 0.2) is 0 Å². The lowest BCUT2D eigenvalue weighted by Crippen LogP contribution is -2.36. The third kappa shape index (κ3) is 5.27. The first-order valence-corrected chi connectivity index (χ1v) is 10.8. The molecule has 0 aliphatic carbocycles. The predicted octanol–water partition coefficient (Wildman–Crippen LogP) is 3.65. The summed E-state index contributed by atoms with van der Waals surface area (Å²) in [5.74, 6) is -0.938. The maximum absolute atomic E-state index is 13.4. The molecule has 0 fully saturated rings. The highest BCUT2D eigenvalue weighted by molar-refractivity contribution is 5.86. The van der Waals surface area contributed by atoms with Gasteiger partial charge < -0.3 is 19.9 Å². The van der Waals surface area contributed by atoms with Gasteiger partial charge in [0.05, 0.1) is 19.0 Å². The molecule has 0 spiro atoms. The van der Waals surface area contributed by atoms with Gasteiger partial charge in [-0.3, -0.25) is 14.3 Å². The summed E-state index contributed by atoms with van der Waals surface area (Å²) in [6, 6.07) is 11.8. The van der Waals surface area contributed by atoms with Crippen molar-refractivity contribution in [1.82, 2.24) is 19.4 Å². The number of benzene rings is 2. The van der Waals surface area contributed by atoms with Gasteiger partial charge in [0.1, 0.15) is 17.5 Å². The van der Waals surface area contributed by atoms with E-state index in [-0.39, 0.29) is 5.69 Å². The SMILES string of the molecule is CNC(=O)C(c1ccncc1-c1ccc(OC)cc1)n1cc(O)n(-c2ccc(OC(F)(F)F)cc2)c1=O. The molecule has 2 N–H and O–H groups in total. The van der Waals surface area contributed by atoms with E-state index in [1.165, 1.54) is 32.5 Å². The van der Waals surface area contributed by atoms with Gasteiger partial charge in [-0.2, -0.15) is 0 Å². The first kappa shape index (κ1) is 25.4. The van der Waals surface area contributed by atoms with Crippen molar-refractivity contribution in [3.8, 4) is 34.2 Å². The molecule has 192 valence electrons. The summed E-state index contributed by atoms with van der Waals surface area (Å²) in [7, 11) is 2.94. The average Bonchev–Trinajstić information content (AvgIpc) is 3.17. The number of likely N-dealkylation sites (N-methyl/N-ethyl adjacent to an activating group) is 1. The topological polar surface area (TPSA) is 108 Å². The highest BCUT2D eigenvalue weighted by Crippen LogP contribution is 2.32. The summed E-state index contributed by atoms with van der Waals surface area (Å²) in [5.41, 5.74) is 0.957. The van der Waals surface area contributed by atoms with E-state index < -0.39 is 35.6 Å². The van der Waals surface area contributed by atoms with Gasteiger partial charge in [-0.15, -0.1) is 13.2 Å². The number of alkyl halides is 3. The Hall–Kier alpha value is -4.74. The summed E-state index contributed by atoms with van der Waals surface area (Å²) in [6.07, 6.45) is -0.773. The second kappa shape index (κ2) is 10.1. The smallest absolute Gasteiger partial charge is 0.497 e. The molecule has 0 saturated heterocycles. The van der Waals surface area contributed by atoms with Crippen molar-refractivity contribution < 1.29 is 32.5 Å². The van der Waals surface area contributed by atoms with Crippen molar-refractivity contribution in [2.45, 2.75) is 12.4 Å². The van der Waals surface area contributed by atoms with E-state index in [0.717, 1.165) is 27.5 Å². The standard InChI is InChI=1S/C25H21F3N4O5/c1-29-23(34)22(19-11-12-30-13-20(19)15-3-7-17(36-2)8-4-15)31-14-21(33)32(24(31)35)16-5-9-18(10-6-16)37-25(26,27)28/h3-14,22,33H,1-2H3,(H,29,34). The summed E-state index contributed by atoms with van der Waals surface area (Å²) in [4.78, 5) is 30.6. The highest BCUT2D eigenvalue weighted by Gasteiger charge is 2.31. The fourth-order valence-electron chi connectivity index (χ4n) is 3.88. The minimum Gasteiger partial charge on any atom is -0.497 e. The van der Waals surface area contributed by atoms with E-state index in [0.29, 0.717) is 22.4 Å².